The van der Waals surface area contributed by atoms with Gasteiger partial charge in [0.1, 0.15) is 5.02 Å². The molecule has 0 aliphatic heterocycles. The third-order valence-corrected chi connectivity index (χ3v) is 2.81. The summed E-state index contributed by atoms with van der Waals surface area (Å²) in [7, 11) is 0. The number of nitrogens with zero attached hydrogens (tertiary/aromatic N) is 2. The molecule has 7 nitrogen and oxygen atoms in total. The maximum atomic E-state index is 11.8. The second-order valence-electron chi connectivity index (χ2n) is 4.68. The van der Waals surface area contributed by atoms with Gasteiger partial charge in [-0.1, -0.05) is 25.4 Å². The quantitative estimate of drug-likeness (QED) is 0.662. The predicted octanol–water partition coefficient (Wildman–Crippen LogP) is 0.0731. The Hall–Kier alpha value is -1.60. The molecule has 1 heterocycles. The standard InChI is InChI=1S/C12H19ClN4O3/c1-8(2)5-15-10(19)7-14-9-6-16-17(3-4-18)12(20)11(9)13/h6,8,14,18H,3-5,7H2,1-2H3,(H,15,19). The van der Waals surface area contributed by atoms with Gasteiger partial charge in [0.25, 0.3) is 5.56 Å². The van der Waals surface area contributed by atoms with Gasteiger partial charge in [0.05, 0.1) is 31.6 Å². The molecule has 1 rings (SSSR count). The molecule has 1 amide bonds. The van der Waals surface area contributed by atoms with Crippen LogP contribution < -0.4 is 16.2 Å². The van der Waals surface area contributed by atoms with Crippen molar-refractivity contribution in [3.63, 3.8) is 0 Å². The Kier molecular flexibility index (Phi) is 6.47. The first-order chi connectivity index (χ1) is 9.45. The van der Waals surface area contributed by atoms with Crippen LogP contribution >= 0.6 is 11.6 Å². The summed E-state index contributed by atoms with van der Waals surface area (Å²) in [5.74, 6) is 0.181. The van der Waals surface area contributed by atoms with E-state index in [0.717, 1.165) is 4.68 Å². The van der Waals surface area contributed by atoms with Crippen molar-refractivity contribution in [2.75, 3.05) is 25.0 Å². The van der Waals surface area contributed by atoms with Crippen LogP contribution in [-0.2, 0) is 11.3 Å². The van der Waals surface area contributed by atoms with E-state index in [1.165, 1.54) is 6.20 Å². The van der Waals surface area contributed by atoms with Gasteiger partial charge in [0.2, 0.25) is 5.91 Å². The summed E-state index contributed by atoms with van der Waals surface area (Å²) in [6, 6.07) is 0. The maximum absolute atomic E-state index is 11.8. The monoisotopic (exact) mass is 302 g/mol. The minimum absolute atomic E-state index is 0.0115. The number of aliphatic hydroxyl groups is 1. The molecule has 3 N–H and O–H groups in total. The van der Waals surface area contributed by atoms with Crippen LogP contribution in [0.25, 0.3) is 0 Å². The van der Waals surface area contributed by atoms with Crippen molar-refractivity contribution in [1.29, 1.82) is 0 Å². The lowest BCUT2D eigenvalue weighted by Gasteiger charge is -2.11. The summed E-state index contributed by atoms with van der Waals surface area (Å²) in [4.78, 5) is 23.3. The largest absolute Gasteiger partial charge is 0.394 e. The molecule has 1 aromatic rings. The van der Waals surface area contributed by atoms with E-state index in [2.05, 4.69) is 15.7 Å². The van der Waals surface area contributed by atoms with Crippen LogP contribution in [-0.4, -0.2) is 40.5 Å². The second kappa shape index (κ2) is 7.86. The Morgan fingerprint density at radius 3 is 2.85 bits per heavy atom. The number of nitrogens with one attached hydrogen (secondary N) is 2. The van der Waals surface area contributed by atoms with Crippen LogP contribution in [0.15, 0.2) is 11.0 Å². The molecule has 0 fully saturated rings. The highest BCUT2D eigenvalue weighted by atomic mass is 35.5. The number of aromatic nitrogens is 2. The van der Waals surface area contributed by atoms with E-state index in [0.29, 0.717) is 18.2 Å². The van der Waals surface area contributed by atoms with Crippen molar-refractivity contribution in [1.82, 2.24) is 15.1 Å². The van der Waals surface area contributed by atoms with Crippen molar-refractivity contribution in [2.45, 2.75) is 20.4 Å². The maximum Gasteiger partial charge on any atom is 0.287 e. The van der Waals surface area contributed by atoms with E-state index in [1.54, 1.807) is 0 Å². The van der Waals surface area contributed by atoms with Gasteiger partial charge in [0, 0.05) is 6.54 Å². The lowest BCUT2D eigenvalue weighted by atomic mass is 10.2. The van der Waals surface area contributed by atoms with Gasteiger partial charge in [-0.05, 0) is 5.92 Å². The lowest BCUT2D eigenvalue weighted by Crippen LogP contribution is -2.33. The Morgan fingerprint density at radius 1 is 1.55 bits per heavy atom. The molecule has 112 valence electrons. The van der Waals surface area contributed by atoms with Crippen LogP contribution in [0, 0.1) is 5.92 Å². The fraction of sp³-hybridized carbons (Fsp3) is 0.583. The van der Waals surface area contributed by atoms with Crippen LogP contribution in [0.5, 0.6) is 0 Å². The lowest BCUT2D eigenvalue weighted by molar-refractivity contribution is -0.119. The minimum Gasteiger partial charge on any atom is -0.394 e. The highest BCUT2D eigenvalue weighted by Crippen LogP contribution is 2.14. The first-order valence-corrected chi connectivity index (χ1v) is 6.70. The first kappa shape index (κ1) is 16.5. The van der Waals surface area contributed by atoms with Crippen LogP contribution in [0.3, 0.4) is 0 Å². The van der Waals surface area contributed by atoms with Gasteiger partial charge in [-0.25, -0.2) is 4.68 Å². The Labute approximate surface area is 121 Å². The van der Waals surface area contributed by atoms with Gasteiger partial charge < -0.3 is 15.7 Å². The number of carbonyl (C=O) groups is 1. The van der Waals surface area contributed by atoms with E-state index in [-0.39, 0.29) is 30.6 Å². The van der Waals surface area contributed by atoms with E-state index in [9.17, 15) is 9.59 Å². The molecule has 0 saturated heterocycles. The Morgan fingerprint density at radius 2 is 2.25 bits per heavy atom. The zero-order valence-corrected chi connectivity index (χ0v) is 12.3. The average Bonchev–Trinajstić information content (AvgIpc) is 2.41. The minimum atomic E-state index is -0.506. The number of carbonyl (C=O) groups excluding carboxylic acids is 1. The summed E-state index contributed by atoms with van der Waals surface area (Å²) in [6.45, 7) is 4.47. The van der Waals surface area contributed by atoms with E-state index in [4.69, 9.17) is 16.7 Å². The van der Waals surface area contributed by atoms with Crippen LogP contribution in [0.4, 0.5) is 5.69 Å². The smallest absolute Gasteiger partial charge is 0.287 e. The third-order valence-electron chi connectivity index (χ3n) is 2.44. The van der Waals surface area contributed by atoms with E-state index in [1.807, 2.05) is 13.8 Å². The topological polar surface area (TPSA) is 96.2 Å². The van der Waals surface area contributed by atoms with Crippen molar-refractivity contribution in [3.05, 3.63) is 21.6 Å². The molecule has 0 atom stereocenters. The van der Waals surface area contributed by atoms with Gasteiger partial charge in [-0.15, -0.1) is 0 Å². The number of rotatable bonds is 7. The van der Waals surface area contributed by atoms with Crippen molar-refractivity contribution in [2.24, 2.45) is 5.92 Å². The molecule has 0 radical (unpaired) electrons. The van der Waals surface area contributed by atoms with Gasteiger partial charge >= 0.3 is 0 Å². The highest BCUT2D eigenvalue weighted by molar-refractivity contribution is 6.33. The number of aliphatic hydroxyl groups excluding tert-OH is 1. The molecule has 0 aromatic carbocycles. The zero-order chi connectivity index (χ0) is 15.1. The molecule has 8 heteroatoms. The Balaban J connectivity index is 2.63. The SMILES string of the molecule is CC(C)CNC(=O)CNc1cnn(CCO)c(=O)c1Cl. The highest BCUT2D eigenvalue weighted by Gasteiger charge is 2.10. The Bertz CT molecular complexity index is 516. The van der Waals surface area contributed by atoms with Gasteiger partial charge in [-0.2, -0.15) is 5.10 Å². The third kappa shape index (κ3) is 4.82. The fourth-order valence-corrected chi connectivity index (χ4v) is 1.61. The van der Waals surface area contributed by atoms with Crippen molar-refractivity contribution < 1.29 is 9.90 Å². The number of amides is 1. The second-order valence-corrected chi connectivity index (χ2v) is 5.05. The molecule has 20 heavy (non-hydrogen) atoms. The molecular weight excluding hydrogens is 284 g/mol. The summed E-state index contributed by atoms with van der Waals surface area (Å²) in [6.07, 6.45) is 1.36. The number of halogens is 1. The summed E-state index contributed by atoms with van der Waals surface area (Å²) < 4.78 is 1.06. The van der Waals surface area contributed by atoms with Crippen molar-refractivity contribution in [3.8, 4) is 0 Å². The molecule has 0 aliphatic carbocycles. The molecule has 0 aliphatic rings. The molecule has 0 unspecified atom stereocenters. The summed E-state index contributed by atoms with van der Waals surface area (Å²) in [5, 5.41) is 18.1. The van der Waals surface area contributed by atoms with Gasteiger partial charge in [-0.3, -0.25) is 9.59 Å². The van der Waals surface area contributed by atoms with E-state index < -0.39 is 5.56 Å². The zero-order valence-electron chi connectivity index (χ0n) is 11.5. The van der Waals surface area contributed by atoms with Crippen LogP contribution in [0.2, 0.25) is 5.02 Å². The molecule has 1 aromatic heterocycles. The van der Waals surface area contributed by atoms with E-state index >= 15 is 0 Å². The predicted molar refractivity (Wildman–Crippen MR) is 76.9 cm³/mol. The fourth-order valence-electron chi connectivity index (χ4n) is 1.40. The first-order valence-electron chi connectivity index (χ1n) is 6.32. The molecule has 0 saturated carbocycles. The van der Waals surface area contributed by atoms with Crippen LogP contribution in [0.1, 0.15) is 13.8 Å². The number of hydrogen-bond donors (Lipinski definition) is 3. The normalized spacial score (nSPS) is 10.7. The molecular formula is C12H19ClN4O3. The number of hydrogen-bond acceptors (Lipinski definition) is 5. The molecule has 0 spiro atoms. The van der Waals surface area contributed by atoms with Gasteiger partial charge in [0.15, 0.2) is 0 Å². The number of anilines is 1. The average molecular weight is 303 g/mol. The summed E-state index contributed by atoms with van der Waals surface area (Å²) >= 11 is 5.90. The van der Waals surface area contributed by atoms with Crippen molar-refractivity contribution >= 4 is 23.2 Å². The molecule has 0 bridgehead atoms. The summed E-state index contributed by atoms with van der Waals surface area (Å²) in [5.41, 5.74) is -0.209.